The number of hydrogen-bond donors (Lipinski definition) is 0. The van der Waals surface area contributed by atoms with E-state index in [1.807, 2.05) is 6.07 Å². The third-order valence-corrected chi connectivity index (χ3v) is 4.28. The lowest BCUT2D eigenvalue weighted by molar-refractivity contribution is 0.292. The molecule has 0 radical (unpaired) electrons. The SMILES string of the molecule is COc1ccc(OCc2nnc(SCC#N)n2-c2ccccc2F)cc1. The van der Waals surface area contributed by atoms with Crippen LogP contribution in [-0.2, 0) is 6.61 Å². The molecule has 0 N–H and O–H groups in total. The van der Waals surface area contributed by atoms with Gasteiger partial charge < -0.3 is 9.47 Å². The summed E-state index contributed by atoms with van der Waals surface area (Å²) in [7, 11) is 1.59. The van der Waals surface area contributed by atoms with Crippen molar-refractivity contribution in [3.63, 3.8) is 0 Å². The molecule has 132 valence electrons. The Bertz CT molecular complexity index is 922. The number of para-hydroxylation sites is 1. The number of rotatable bonds is 7. The standard InChI is InChI=1S/C18H15FN4O2S/c1-24-13-6-8-14(9-7-13)25-12-17-21-22-18(26-11-10-20)23(17)16-5-3-2-4-15(16)19/h2-9H,11-12H2,1H3. The highest BCUT2D eigenvalue weighted by atomic mass is 32.2. The maximum absolute atomic E-state index is 14.3. The largest absolute Gasteiger partial charge is 0.497 e. The monoisotopic (exact) mass is 370 g/mol. The van der Waals surface area contributed by atoms with Gasteiger partial charge in [0.2, 0.25) is 0 Å². The summed E-state index contributed by atoms with van der Waals surface area (Å²) in [5.74, 6) is 1.57. The van der Waals surface area contributed by atoms with Gasteiger partial charge in [0.15, 0.2) is 11.0 Å². The van der Waals surface area contributed by atoms with E-state index in [1.54, 1.807) is 54.1 Å². The minimum atomic E-state index is -0.406. The minimum absolute atomic E-state index is 0.0980. The molecule has 0 fully saturated rings. The summed E-state index contributed by atoms with van der Waals surface area (Å²) in [6.07, 6.45) is 0. The Morgan fingerprint density at radius 3 is 2.54 bits per heavy atom. The van der Waals surface area contributed by atoms with Gasteiger partial charge in [0, 0.05) is 0 Å². The minimum Gasteiger partial charge on any atom is -0.497 e. The van der Waals surface area contributed by atoms with Crippen LogP contribution >= 0.6 is 11.8 Å². The fourth-order valence-electron chi connectivity index (χ4n) is 2.28. The summed E-state index contributed by atoms with van der Waals surface area (Å²) < 4.78 is 26.7. The smallest absolute Gasteiger partial charge is 0.197 e. The molecule has 0 amide bonds. The van der Waals surface area contributed by atoms with Crippen LogP contribution in [0.1, 0.15) is 5.82 Å². The van der Waals surface area contributed by atoms with Crippen molar-refractivity contribution in [3.8, 4) is 23.3 Å². The molecular formula is C18H15FN4O2S. The normalized spacial score (nSPS) is 10.3. The van der Waals surface area contributed by atoms with E-state index in [0.717, 1.165) is 5.75 Å². The first-order valence-electron chi connectivity index (χ1n) is 7.68. The van der Waals surface area contributed by atoms with E-state index in [9.17, 15) is 4.39 Å². The molecule has 26 heavy (non-hydrogen) atoms. The van der Waals surface area contributed by atoms with E-state index >= 15 is 0 Å². The number of benzene rings is 2. The van der Waals surface area contributed by atoms with Gasteiger partial charge in [-0.1, -0.05) is 23.9 Å². The first kappa shape index (κ1) is 17.8. The second kappa shape index (κ2) is 8.36. The molecule has 0 unspecified atom stereocenters. The zero-order chi connectivity index (χ0) is 18.4. The summed E-state index contributed by atoms with van der Waals surface area (Å²) in [4.78, 5) is 0. The Balaban J connectivity index is 1.87. The Morgan fingerprint density at radius 1 is 1.12 bits per heavy atom. The Labute approximate surface area is 154 Å². The predicted octanol–water partition coefficient (Wildman–Crippen LogP) is 3.61. The van der Waals surface area contributed by atoms with Crippen LogP contribution in [0.2, 0.25) is 0 Å². The van der Waals surface area contributed by atoms with Gasteiger partial charge in [0.1, 0.15) is 23.9 Å². The lowest BCUT2D eigenvalue weighted by atomic mass is 10.3. The number of aromatic nitrogens is 3. The molecule has 6 nitrogen and oxygen atoms in total. The maximum atomic E-state index is 14.3. The summed E-state index contributed by atoms with van der Waals surface area (Å²) in [5, 5.41) is 17.4. The Hall–Kier alpha value is -3.05. The lowest BCUT2D eigenvalue weighted by Crippen LogP contribution is -2.08. The van der Waals surface area contributed by atoms with Crippen LogP contribution in [0, 0.1) is 17.1 Å². The quantitative estimate of drug-likeness (QED) is 0.592. The fourth-order valence-corrected chi connectivity index (χ4v) is 2.90. The van der Waals surface area contributed by atoms with E-state index in [0.29, 0.717) is 22.4 Å². The highest BCUT2D eigenvalue weighted by molar-refractivity contribution is 7.99. The van der Waals surface area contributed by atoms with Crippen LogP contribution in [0.4, 0.5) is 4.39 Å². The molecular weight excluding hydrogens is 355 g/mol. The molecule has 0 saturated carbocycles. The van der Waals surface area contributed by atoms with Crippen LogP contribution in [-0.4, -0.2) is 27.6 Å². The topological polar surface area (TPSA) is 73.0 Å². The average molecular weight is 370 g/mol. The summed E-state index contributed by atoms with van der Waals surface area (Å²) in [5.41, 5.74) is 0.311. The van der Waals surface area contributed by atoms with Gasteiger partial charge in [0.05, 0.1) is 24.6 Å². The molecule has 3 aromatic rings. The van der Waals surface area contributed by atoms with Crippen LogP contribution in [0.5, 0.6) is 11.5 Å². The van der Waals surface area contributed by atoms with Crippen molar-refractivity contribution in [3.05, 3.63) is 60.2 Å². The molecule has 0 aliphatic heterocycles. The summed E-state index contributed by atoms with van der Waals surface area (Å²) in [6, 6.07) is 15.5. The van der Waals surface area contributed by atoms with Gasteiger partial charge in [-0.25, -0.2) is 4.39 Å². The van der Waals surface area contributed by atoms with Crippen molar-refractivity contribution in [2.24, 2.45) is 0 Å². The number of methoxy groups -OCH3 is 1. The third-order valence-electron chi connectivity index (χ3n) is 3.49. The van der Waals surface area contributed by atoms with Crippen LogP contribution < -0.4 is 9.47 Å². The highest BCUT2D eigenvalue weighted by Crippen LogP contribution is 2.25. The van der Waals surface area contributed by atoms with E-state index in [1.165, 1.54) is 17.8 Å². The third kappa shape index (κ3) is 3.95. The summed E-state index contributed by atoms with van der Waals surface area (Å²) >= 11 is 1.19. The van der Waals surface area contributed by atoms with E-state index in [2.05, 4.69) is 10.2 Å². The molecule has 0 saturated heterocycles. The molecule has 1 heterocycles. The van der Waals surface area contributed by atoms with Crippen molar-refractivity contribution >= 4 is 11.8 Å². The van der Waals surface area contributed by atoms with Crippen molar-refractivity contribution in [1.82, 2.24) is 14.8 Å². The van der Waals surface area contributed by atoms with Crippen molar-refractivity contribution in [2.45, 2.75) is 11.8 Å². The lowest BCUT2D eigenvalue weighted by Gasteiger charge is -2.11. The first-order chi connectivity index (χ1) is 12.7. The van der Waals surface area contributed by atoms with E-state index in [-0.39, 0.29) is 12.4 Å². The molecule has 0 bridgehead atoms. The van der Waals surface area contributed by atoms with Crippen molar-refractivity contribution in [1.29, 1.82) is 5.26 Å². The van der Waals surface area contributed by atoms with Gasteiger partial charge in [0.25, 0.3) is 0 Å². The van der Waals surface area contributed by atoms with Gasteiger partial charge in [-0.2, -0.15) is 5.26 Å². The number of hydrogen-bond acceptors (Lipinski definition) is 6. The van der Waals surface area contributed by atoms with E-state index < -0.39 is 5.82 Å². The molecule has 0 atom stereocenters. The van der Waals surface area contributed by atoms with Gasteiger partial charge in [-0.3, -0.25) is 4.57 Å². The Morgan fingerprint density at radius 2 is 1.85 bits per heavy atom. The van der Waals surface area contributed by atoms with Gasteiger partial charge in [-0.15, -0.1) is 10.2 Å². The second-order valence-corrected chi connectivity index (χ2v) is 6.04. The number of thioether (sulfide) groups is 1. The maximum Gasteiger partial charge on any atom is 0.197 e. The first-order valence-corrected chi connectivity index (χ1v) is 8.67. The highest BCUT2D eigenvalue weighted by Gasteiger charge is 2.17. The van der Waals surface area contributed by atoms with E-state index in [4.69, 9.17) is 14.7 Å². The van der Waals surface area contributed by atoms with Gasteiger partial charge in [-0.05, 0) is 36.4 Å². The number of halogens is 1. The number of ether oxygens (including phenoxy) is 2. The Kier molecular flexibility index (Phi) is 5.71. The molecule has 0 aliphatic rings. The van der Waals surface area contributed by atoms with Crippen LogP contribution in [0.3, 0.4) is 0 Å². The second-order valence-electron chi connectivity index (χ2n) is 5.10. The molecule has 8 heteroatoms. The van der Waals surface area contributed by atoms with Crippen LogP contribution in [0.15, 0.2) is 53.7 Å². The fraction of sp³-hybridized carbons (Fsp3) is 0.167. The number of nitriles is 1. The van der Waals surface area contributed by atoms with Gasteiger partial charge >= 0.3 is 0 Å². The van der Waals surface area contributed by atoms with Crippen LogP contribution in [0.25, 0.3) is 5.69 Å². The average Bonchev–Trinajstić information content (AvgIpc) is 3.08. The molecule has 1 aromatic heterocycles. The number of nitrogens with zero attached hydrogens (tertiary/aromatic N) is 4. The molecule has 0 aliphatic carbocycles. The zero-order valence-corrected chi connectivity index (χ0v) is 14.7. The zero-order valence-electron chi connectivity index (χ0n) is 13.9. The van der Waals surface area contributed by atoms with Crippen molar-refractivity contribution < 1.29 is 13.9 Å². The molecule has 3 rings (SSSR count). The predicted molar refractivity (Wildman–Crippen MR) is 95.0 cm³/mol. The molecule has 2 aromatic carbocycles. The molecule has 0 spiro atoms. The summed E-state index contributed by atoms with van der Waals surface area (Å²) in [6.45, 7) is 0.0980. The van der Waals surface area contributed by atoms with Crippen molar-refractivity contribution in [2.75, 3.05) is 12.9 Å².